The van der Waals surface area contributed by atoms with Crippen molar-refractivity contribution in [3.63, 3.8) is 0 Å². The molecule has 1 N–H and O–H groups in total. The van der Waals surface area contributed by atoms with Gasteiger partial charge in [0.15, 0.2) is 11.5 Å². The van der Waals surface area contributed by atoms with E-state index in [-0.39, 0.29) is 5.91 Å². The monoisotopic (exact) mass is 366 g/mol. The molecule has 0 aliphatic rings. The van der Waals surface area contributed by atoms with Gasteiger partial charge in [-0.1, -0.05) is 23.4 Å². The largest absolute Gasteiger partial charge is 0.338 e. The van der Waals surface area contributed by atoms with Gasteiger partial charge < -0.3 is 4.52 Å². The number of benzene rings is 1. The lowest BCUT2D eigenvalue weighted by Gasteiger charge is -2.08. The van der Waals surface area contributed by atoms with E-state index in [1.807, 2.05) is 36.4 Å². The standard InChI is InChI=1S/C17H14N6O2S/c1-11-18-15(25-22-11)10-26-13-7-3-2-6-12(13)16(24)19-17-21-20-14-8-4-5-9-23(14)17/h2-9H,10H2,1H3,(H,19,21,24). The van der Waals surface area contributed by atoms with Crippen molar-refractivity contribution in [1.29, 1.82) is 0 Å². The highest BCUT2D eigenvalue weighted by atomic mass is 32.2. The zero-order valence-corrected chi connectivity index (χ0v) is 14.6. The van der Waals surface area contributed by atoms with Crippen LogP contribution in [0.1, 0.15) is 22.1 Å². The molecule has 3 heterocycles. The summed E-state index contributed by atoms with van der Waals surface area (Å²) in [6, 6.07) is 12.9. The van der Waals surface area contributed by atoms with E-state index in [1.165, 1.54) is 11.8 Å². The molecule has 26 heavy (non-hydrogen) atoms. The SMILES string of the molecule is Cc1noc(CSc2ccccc2C(=O)Nc2nnc3ccccn23)n1. The predicted octanol–water partition coefficient (Wildman–Crippen LogP) is 2.97. The number of aromatic nitrogens is 5. The van der Waals surface area contributed by atoms with Crippen LogP contribution in [0.4, 0.5) is 5.95 Å². The summed E-state index contributed by atoms with van der Waals surface area (Å²) in [7, 11) is 0. The van der Waals surface area contributed by atoms with Crippen molar-refractivity contribution >= 4 is 29.3 Å². The minimum atomic E-state index is -0.257. The van der Waals surface area contributed by atoms with Gasteiger partial charge in [-0.15, -0.1) is 22.0 Å². The van der Waals surface area contributed by atoms with Crippen molar-refractivity contribution in [2.75, 3.05) is 5.32 Å². The van der Waals surface area contributed by atoms with Crippen LogP contribution in [0.25, 0.3) is 5.65 Å². The third-order valence-electron chi connectivity index (χ3n) is 3.59. The summed E-state index contributed by atoms with van der Waals surface area (Å²) < 4.78 is 6.83. The number of hydrogen-bond donors (Lipinski definition) is 1. The number of carbonyl (C=O) groups is 1. The minimum Gasteiger partial charge on any atom is -0.338 e. The summed E-state index contributed by atoms with van der Waals surface area (Å²) in [6.45, 7) is 1.77. The number of pyridine rings is 1. The predicted molar refractivity (Wildman–Crippen MR) is 96.0 cm³/mol. The fourth-order valence-corrected chi connectivity index (χ4v) is 3.30. The Morgan fingerprint density at radius 3 is 2.88 bits per heavy atom. The number of amides is 1. The number of nitrogens with zero attached hydrogens (tertiary/aromatic N) is 5. The van der Waals surface area contributed by atoms with Crippen LogP contribution in [0.5, 0.6) is 0 Å². The van der Waals surface area contributed by atoms with E-state index in [0.29, 0.717) is 34.6 Å². The Morgan fingerprint density at radius 2 is 2.04 bits per heavy atom. The summed E-state index contributed by atoms with van der Waals surface area (Å²) in [5, 5.41) is 14.6. The number of nitrogens with one attached hydrogen (secondary N) is 1. The van der Waals surface area contributed by atoms with Crippen molar-refractivity contribution in [3.8, 4) is 0 Å². The van der Waals surface area contributed by atoms with Crippen LogP contribution in [0, 0.1) is 6.92 Å². The van der Waals surface area contributed by atoms with Crippen LogP contribution in [-0.2, 0) is 5.75 Å². The smallest absolute Gasteiger partial charge is 0.259 e. The van der Waals surface area contributed by atoms with Crippen LogP contribution < -0.4 is 5.32 Å². The second-order valence-electron chi connectivity index (χ2n) is 5.43. The third kappa shape index (κ3) is 3.29. The molecule has 0 aliphatic heterocycles. The van der Waals surface area contributed by atoms with Crippen LogP contribution in [0.15, 0.2) is 58.1 Å². The summed E-state index contributed by atoms with van der Waals surface area (Å²) in [5.41, 5.74) is 1.21. The molecule has 1 aromatic carbocycles. The van der Waals surface area contributed by atoms with Crippen molar-refractivity contribution < 1.29 is 9.32 Å². The molecule has 0 bridgehead atoms. The highest BCUT2D eigenvalue weighted by Gasteiger charge is 2.15. The van der Waals surface area contributed by atoms with Crippen LogP contribution in [-0.4, -0.2) is 30.6 Å². The first-order valence-corrected chi connectivity index (χ1v) is 8.81. The summed E-state index contributed by atoms with van der Waals surface area (Å²) in [5.74, 6) is 1.71. The summed E-state index contributed by atoms with van der Waals surface area (Å²) >= 11 is 1.46. The normalized spacial score (nSPS) is 11.0. The molecule has 130 valence electrons. The average Bonchev–Trinajstić information content (AvgIpc) is 3.27. The van der Waals surface area contributed by atoms with Crippen molar-refractivity contribution in [3.05, 3.63) is 65.9 Å². The van der Waals surface area contributed by atoms with Gasteiger partial charge in [0.1, 0.15) is 0 Å². The fourth-order valence-electron chi connectivity index (χ4n) is 2.41. The topological polar surface area (TPSA) is 98.2 Å². The van der Waals surface area contributed by atoms with Gasteiger partial charge in [-0.25, -0.2) is 0 Å². The number of hydrogen-bond acceptors (Lipinski definition) is 7. The number of fused-ring (bicyclic) bond motifs is 1. The van der Waals surface area contributed by atoms with Gasteiger partial charge in [-0.3, -0.25) is 14.5 Å². The Bertz CT molecular complexity index is 1070. The molecule has 4 aromatic rings. The van der Waals surface area contributed by atoms with Crippen LogP contribution in [0.3, 0.4) is 0 Å². The van der Waals surface area contributed by atoms with Gasteiger partial charge in [0.25, 0.3) is 5.91 Å². The molecular formula is C17H14N6O2S. The number of rotatable bonds is 5. The zero-order valence-electron chi connectivity index (χ0n) is 13.8. The molecule has 0 saturated carbocycles. The second-order valence-corrected chi connectivity index (χ2v) is 6.44. The van der Waals surface area contributed by atoms with Crippen LogP contribution in [0.2, 0.25) is 0 Å². The van der Waals surface area contributed by atoms with Crippen LogP contribution >= 0.6 is 11.8 Å². The Kier molecular flexibility index (Phi) is 4.36. The Labute approximate surface area is 152 Å². The minimum absolute atomic E-state index is 0.257. The lowest BCUT2D eigenvalue weighted by Crippen LogP contribution is -2.15. The average molecular weight is 366 g/mol. The maximum atomic E-state index is 12.7. The van der Waals surface area contributed by atoms with Gasteiger partial charge in [0.2, 0.25) is 11.8 Å². The third-order valence-corrected chi connectivity index (χ3v) is 4.65. The van der Waals surface area contributed by atoms with Gasteiger partial charge >= 0.3 is 0 Å². The van der Waals surface area contributed by atoms with E-state index in [0.717, 1.165) is 4.90 Å². The number of aryl methyl sites for hydroxylation is 1. The first-order valence-electron chi connectivity index (χ1n) is 7.83. The molecule has 0 unspecified atom stereocenters. The van der Waals surface area contributed by atoms with E-state index in [1.54, 1.807) is 23.6 Å². The summed E-state index contributed by atoms with van der Waals surface area (Å²) in [4.78, 5) is 17.7. The maximum absolute atomic E-state index is 12.7. The van der Waals surface area contributed by atoms with Gasteiger partial charge in [0, 0.05) is 11.1 Å². The highest BCUT2D eigenvalue weighted by molar-refractivity contribution is 7.98. The molecule has 9 heteroatoms. The Morgan fingerprint density at radius 1 is 1.19 bits per heavy atom. The lowest BCUT2D eigenvalue weighted by molar-refractivity contribution is 0.102. The molecule has 8 nitrogen and oxygen atoms in total. The summed E-state index contributed by atoms with van der Waals surface area (Å²) in [6.07, 6.45) is 1.80. The first-order chi connectivity index (χ1) is 12.7. The number of anilines is 1. The van der Waals surface area contributed by atoms with Gasteiger partial charge in [0.05, 0.1) is 11.3 Å². The number of carbonyl (C=O) groups excluding carboxylic acids is 1. The maximum Gasteiger partial charge on any atom is 0.259 e. The lowest BCUT2D eigenvalue weighted by atomic mass is 10.2. The first kappa shape index (κ1) is 16.3. The van der Waals surface area contributed by atoms with E-state index in [9.17, 15) is 4.79 Å². The van der Waals surface area contributed by atoms with Crippen molar-refractivity contribution in [2.24, 2.45) is 0 Å². The molecule has 0 saturated heterocycles. The van der Waals surface area contributed by atoms with E-state index in [4.69, 9.17) is 4.52 Å². The Hall–Kier alpha value is -3.20. The molecule has 0 atom stereocenters. The molecule has 3 aromatic heterocycles. The molecule has 0 radical (unpaired) electrons. The molecule has 1 amide bonds. The molecule has 0 fully saturated rings. The Balaban J connectivity index is 1.54. The van der Waals surface area contributed by atoms with Gasteiger partial charge in [-0.2, -0.15) is 4.98 Å². The highest BCUT2D eigenvalue weighted by Crippen LogP contribution is 2.26. The van der Waals surface area contributed by atoms with Crippen molar-refractivity contribution in [2.45, 2.75) is 17.6 Å². The van der Waals surface area contributed by atoms with E-state index >= 15 is 0 Å². The second kappa shape index (κ2) is 6.96. The van der Waals surface area contributed by atoms with Crippen molar-refractivity contribution in [1.82, 2.24) is 24.7 Å². The quantitative estimate of drug-likeness (QED) is 0.542. The van der Waals surface area contributed by atoms with Gasteiger partial charge in [-0.05, 0) is 31.2 Å². The molecule has 0 aliphatic carbocycles. The van der Waals surface area contributed by atoms with E-state index in [2.05, 4.69) is 25.7 Å². The van der Waals surface area contributed by atoms with E-state index < -0.39 is 0 Å². The molecular weight excluding hydrogens is 352 g/mol. The molecule has 0 spiro atoms. The molecule has 4 rings (SSSR count). The number of thioether (sulfide) groups is 1. The zero-order chi connectivity index (χ0) is 17.9. The fraction of sp³-hybridized carbons (Fsp3) is 0.118.